The molecule has 0 fully saturated rings. The lowest BCUT2D eigenvalue weighted by Gasteiger charge is -2.11. The molecular weight excluding hydrogens is 426 g/mol. The first-order valence-electron chi connectivity index (χ1n) is 8.99. The van der Waals surface area contributed by atoms with Gasteiger partial charge in [-0.3, -0.25) is 0 Å². The molecule has 30 heavy (non-hydrogen) atoms. The Balaban J connectivity index is 0.00000256. The van der Waals surface area contributed by atoms with Crippen molar-refractivity contribution in [2.75, 3.05) is 7.11 Å². The third-order valence-electron chi connectivity index (χ3n) is 4.46. The van der Waals surface area contributed by atoms with Crippen LogP contribution in [0.25, 0.3) is 22.6 Å². The van der Waals surface area contributed by atoms with Crippen LogP contribution in [0.4, 0.5) is 4.39 Å². The number of ether oxygens (including phenoxy) is 2. The Morgan fingerprint density at radius 1 is 1.03 bits per heavy atom. The Morgan fingerprint density at radius 2 is 1.83 bits per heavy atom. The first-order valence-corrected chi connectivity index (χ1v) is 9.37. The molecule has 0 aliphatic rings. The van der Waals surface area contributed by atoms with Crippen molar-refractivity contribution in [2.45, 2.75) is 6.61 Å². The predicted molar refractivity (Wildman–Crippen MR) is 119 cm³/mol. The molecule has 0 unspecified atom stereocenters. The molecule has 0 aliphatic heterocycles. The predicted octanol–water partition coefficient (Wildman–Crippen LogP) is 6.55. The van der Waals surface area contributed by atoms with Gasteiger partial charge in [0, 0.05) is 22.2 Å². The minimum Gasteiger partial charge on any atom is -0.496 e. The fourth-order valence-corrected chi connectivity index (χ4v) is 3.10. The number of H-pyrrole nitrogens is 1. The Labute approximate surface area is 185 Å². The molecule has 4 rings (SSSR count). The Hall–Kier alpha value is -3.02. The van der Waals surface area contributed by atoms with Crippen LogP contribution in [0.1, 0.15) is 5.56 Å². The zero-order chi connectivity index (χ0) is 20.2. The Bertz CT molecular complexity index is 1130. The number of nitrogens with zero attached hydrogens (tertiary/aromatic N) is 1. The molecular formula is C23H19Cl2FN2O2. The van der Waals surface area contributed by atoms with Gasteiger partial charge in [-0.15, -0.1) is 12.4 Å². The molecule has 0 radical (unpaired) electrons. The smallest absolute Gasteiger partial charge is 0.137 e. The molecule has 0 spiro atoms. The second kappa shape index (κ2) is 9.65. The molecule has 1 aromatic heterocycles. The highest BCUT2D eigenvalue weighted by atomic mass is 35.5. The Morgan fingerprint density at radius 3 is 2.57 bits per heavy atom. The van der Waals surface area contributed by atoms with E-state index >= 15 is 0 Å². The molecule has 1 heterocycles. The topological polar surface area (TPSA) is 47.1 Å². The summed E-state index contributed by atoms with van der Waals surface area (Å²) >= 11 is 5.91. The average molecular weight is 445 g/mol. The summed E-state index contributed by atoms with van der Waals surface area (Å²) in [7, 11) is 1.60. The molecule has 0 amide bonds. The monoisotopic (exact) mass is 444 g/mol. The van der Waals surface area contributed by atoms with Crippen molar-refractivity contribution in [1.82, 2.24) is 9.97 Å². The van der Waals surface area contributed by atoms with E-state index in [2.05, 4.69) is 9.97 Å². The molecule has 0 aliphatic carbocycles. The van der Waals surface area contributed by atoms with E-state index in [0.717, 1.165) is 16.8 Å². The van der Waals surface area contributed by atoms with E-state index in [4.69, 9.17) is 21.1 Å². The summed E-state index contributed by atoms with van der Waals surface area (Å²) in [5.74, 6) is 1.61. The lowest BCUT2D eigenvalue weighted by atomic mass is 10.1. The van der Waals surface area contributed by atoms with Crippen LogP contribution in [0.15, 0.2) is 72.9 Å². The van der Waals surface area contributed by atoms with Gasteiger partial charge in [0.1, 0.15) is 29.7 Å². The number of halogens is 3. The number of aromatic amines is 1. The largest absolute Gasteiger partial charge is 0.496 e. The van der Waals surface area contributed by atoms with Crippen molar-refractivity contribution < 1.29 is 13.9 Å². The number of aromatic nitrogens is 2. The van der Waals surface area contributed by atoms with E-state index in [1.807, 2.05) is 42.5 Å². The summed E-state index contributed by atoms with van der Waals surface area (Å²) in [4.78, 5) is 7.58. The second-order valence-corrected chi connectivity index (χ2v) is 6.87. The normalized spacial score (nSPS) is 10.4. The molecule has 0 atom stereocenters. The van der Waals surface area contributed by atoms with Gasteiger partial charge < -0.3 is 14.5 Å². The van der Waals surface area contributed by atoms with Gasteiger partial charge >= 0.3 is 0 Å². The molecule has 7 heteroatoms. The van der Waals surface area contributed by atoms with Crippen molar-refractivity contribution in [3.8, 4) is 34.1 Å². The highest BCUT2D eigenvalue weighted by Crippen LogP contribution is 2.33. The lowest BCUT2D eigenvalue weighted by molar-refractivity contribution is 0.304. The van der Waals surface area contributed by atoms with Crippen LogP contribution < -0.4 is 9.47 Å². The first kappa shape index (κ1) is 21.7. The zero-order valence-corrected chi connectivity index (χ0v) is 17.6. The van der Waals surface area contributed by atoms with Gasteiger partial charge in [0.05, 0.1) is 19.0 Å². The van der Waals surface area contributed by atoms with Crippen molar-refractivity contribution in [3.05, 3.63) is 89.3 Å². The third kappa shape index (κ3) is 4.93. The van der Waals surface area contributed by atoms with Crippen LogP contribution >= 0.6 is 24.0 Å². The molecule has 1 N–H and O–H groups in total. The summed E-state index contributed by atoms with van der Waals surface area (Å²) < 4.78 is 24.9. The van der Waals surface area contributed by atoms with Gasteiger partial charge in [-0.1, -0.05) is 35.9 Å². The lowest BCUT2D eigenvalue weighted by Crippen LogP contribution is -1.96. The van der Waals surface area contributed by atoms with E-state index in [1.165, 1.54) is 12.1 Å². The second-order valence-electron chi connectivity index (χ2n) is 6.43. The standard InChI is InChI=1S/C23H18ClFN2O2.ClH/c1-28-22-12-19(29-14-15-5-7-17(24)8-6-15)9-10-20(22)21-13-26-23(27-21)16-3-2-4-18(25)11-16;/h2-13H,14H2,1H3,(H,26,27);1H. The van der Waals surface area contributed by atoms with Crippen LogP contribution in [-0.4, -0.2) is 17.1 Å². The number of methoxy groups -OCH3 is 1. The molecule has 154 valence electrons. The number of benzene rings is 3. The van der Waals surface area contributed by atoms with Crippen LogP contribution in [0.5, 0.6) is 11.5 Å². The van der Waals surface area contributed by atoms with E-state index in [0.29, 0.717) is 34.5 Å². The fourth-order valence-electron chi connectivity index (χ4n) is 2.97. The average Bonchev–Trinajstić information content (AvgIpc) is 3.23. The van der Waals surface area contributed by atoms with E-state index in [-0.39, 0.29) is 18.2 Å². The van der Waals surface area contributed by atoms with Gasteiger partial charge in [-0.05, 0) is 42.0 Å². The maximum atomic E-state index is 13.5. The van der Waals surface area contributed by atoms with Crippen LogP contribution in [0.3, 0.4) is 0 Å². The summed E-state index contributed by atoms with van der Waals surface area (Å²) in [6.45, 7) is 0.424. The van der Waals surface area contributed by atoms with Crippen molar-refractivity contribution in [2.24, 2.45) is 0 Å². The van der Waals surface area contributed by atoms with E-state index in [9.17, 15) is 4.39 Å². The number of hydrogen-bond donors (Lipinski definition) is 1. The molecule has 0 saturated carbocycles. The number of imidazole rings is 1. The molecule has 4 aromatic rings. The van der Waals surface area contributed by atoms with Crippen molar-refractivity contribution in [3.63, 3.8) is 0 Å². The summed E-state index contributed by atoms with van der Waals surface area (Å²) in [6, 6.07) is 19.4. The number of nitrogens with one attached hydrogen (secondary N) is 1. The minimum atomic E-state index is -0.305. The molecule has 0 bridgehead atoms. The Kier molecular flexibility index (Phi) is 6.98. The number of hydrogen-bond acceptors (Lipinski definition) is 3. The van der Waals surface area contributed by atoms with E-state index < -0.39 is 0 Å². The maximum Gasteiger partial charge on any atom is 0.137 e. The first-order chi connectivity index (χ1) is 14.1. The van der Waals surface area contributed by atoms with E-state index in [1.54, 1.807) is 25.4 Å². The van der Waals surface area contributed by atoms with Crippen LogP contribution in [0, 0.1) is 5.82 Å². The van der Waals surface area contributed by atoms with Gasteiger partial charge in [-0.25, -0.2) is 9.37 Å². The zero-order valence-electron chi connectivity index (χ0n) is 16.1. The number of rotatable bonds is 6. The van der Waals surface area contributed by atoms with Crippen molar-refractivity contribution in [1.29, 1.82) is 0 Å². The maximum absolute atomic E-state index is 13.5. The third-order valence-corrected chi connectivity index (χ3v) is 4.71. The summed E-state index contributed by atoms with van der Waals surface area (Å²) in [6.07, 6.45) is 1.70. The quantitative estimate of drug-likeness (QED) is 0.366. The summed E-state index contributed by atoms with van der Waals surface area (Å²) in [5, 5.41) is 0.692. The fraction of sp³-hybridized carbons (Fsp3) is 0.0870. The van der Waals surface area contributed by atoms with Gasteiger partial charge in [-0.2, -0.15) is 0 Å². The van der Waals surface area contributed by atoms with Gasteiger partial charge in [0.2, 0.25) is 0 Å². The molecule has 4 nitrogen and oxygen atoms in total. The van der Waals surface area contributed by atoms with Gasteiger partial charge in [0.25, 0.3) is 0 Å². The van der Waals surface area contributed by atoms with Crippen LogP contribution in [0.2, 0.25) is 5.02 Å². The highest BCUT2D eigenvalue weighted by Gasteiger charge is 2.12. The van der Waals surface area contributed by atoms with Crippen molar-refractivity contribution >= 4 is 24.0 Å². The summed E-state index contributed by atoms with van der Waals surface area (Å²) in [5.41, 5.74) is 3.30. The van der Waals surface area contributed by atoms with Crippen LogP contribution in [-0.2, 0) is 6.61 Å². The van der Waals surface area contributed by atoms with Gasteiger partial charge in [0.15, 0.2) is 0 Å². The minimum absolute atomic E-state index is 0. The molecule has 0 saturated heterocycles. The SMILES string of the molecule is COc1cc(OCc2ccc(Cl)cc2)ccc1-c1cnc(-c2cccc(F)c2)[nH]1.Cl. The molecule has 3 aromatic carbocycles. The highest BCUT2D eigenvalue weighted by molar-refractivity contribution is 6.30.